The first-order valence-corrected chi connectivity index (χ1v) is 7.01. The van der Waals surface area contributed by atoms with Crippen LogP contribution in [0.1, 0.15) is 25.7 Å². The van der Waals surface area contributed by atoms with Crippen molar-refractivity contribution in [1.82, 2.24) is 25.5 Å². The molecule has 0 spiro atoms. The molecule has 8 nitrogen and oxygen atoms in total. The predicted molar refractivity (Wildman–Crippen MR) is 71.9 cm³/mol. The molecule has 2 aromatic heterocycles. The number of aliphatic hydroxyl groups is 1. The summed E-state index contributed by atoms with van der Waals surface area (Å²) in [7, 11) is 0. The molecule has 2 atom stereocenters. The molecular formula is C13H17N5O3. The van der Waals surface area contributed by atoms with Crippen molar-refractivity contribution >= 4 is 5.91 Å². The summed E-state index contributed by atoms with van der Waals surface area (Å²) in [5, 5.41) is 24.4. The van der Waals surface area contributed by atoms with Crippen LogP contribution in [0.25, 0.3) is 11.6 Å². The number of hydrogen-bond acceptors (Lipinski definition) is 6. The molecule has 2 aromatic rings. The van der Waals surface area contributed by atoms with Crippen LogP contribution in [0, 0.1) is 0 Å². The second kappa shape index (κ2) is 6.04. The highest BCUT2D eigenvalue weighted by Crippen LogP contribution is 2.18. The minimum absolute atomic E-state index is 0.0308. The lowest BCUT2D eigenvalue weighted by atomic mass is 9.92. The highest BCUT2D eigenvalue weighted by atomic mass is 16.3. The molecule has 8 heteroatoms. The van der Waals surface area contributed by atoms with Crippen LogP contribution in [0.3, 0.4) is 0 Å². The molecule has 0 radical (unpaired) electrons. The van der Waals surface area contributed by atoms with Crippen LogP contribution in [-0.4, -0.2) is 43.4 Å². The fraction of sp³-hybridized carbons (Fsp3) is 0.538. The van der Waals surface area contributed by atoms with E-state index in [0.717, 1.165) is 25.7 Å². The number of amides is 1. The van der Waals surface area contributed by atoms with Crippen molar-refractivity contribution in [2.24, 2.45) is 0 Å². The molecule has 1 aliphatic carbocycles. The Bertz CT molecular complexity index is 595. The van der Waals surface area contributed by atoms with E-state index in [2.05, 4.69) is 20.7 Å². The Morgan fingerprint density at radius 1 is 1.48 bits per heavy atom. The maximum Gasteiger partial charge on any atom is 0.243 e. The third kappa shape index (κ3) is 3.27. The summed E-state index contributed by atoms with van der Waals surface area (Å²) >= 11 is 0. The molecule has 21 heavy (non-hydrogen) atoms. The van der Waals surface area contributed by atoms with Gasteiger partial charge in [-0.15, -0.1) is 10.2 Å². The zero-order chi connectivity index (χ0) is 14.7. The lowest BCUT2D eigenvalue weighted by Gasteiger charge is -2.28. The third-order valence-corrected chi connectivity index (χ3v) is 3.56. The topological polar surface area (TPSA) is 106 Å². The molecule has 0 aromatic carbocycles. The molecular weight excluding hydrogens is 274 g/mol. The quantitative estimate of drug-likeness (QED) is 0.842. The maximum absolute atomic E-state index is 11.9. The predicted octanol–water partition coefficient (Wildman–Crippen LogP) is 0.353. The number of hydrogen-bond donors (Lipinski definition) is 2. The van der Waals surface area contributed by atoms with Crippen molar-refractivity contribution in [3.63, 3.8) is 0 Å². The van der Waals surface area contributed by atoms with Crippen molar-refractivity contribution < 1.29 is 14.3 Å². The standard InChI is InChI=1S/C13H17N5O3/c19-10-5-2-1-4-9(10)14-12(20)8-18-16-13(15-17-18)11-6-3-7-21-11/h3,6-7,9-10,19H,1-2,4-5,8H2,(H,14,20)/t9-,10-/m0/s1. The molecule has 1 aliphatic rings. The van der Waals surface area contributed by atoms with Gasteiger partial charge in [-0.05, 0) is 30.2 Å². The second-order valence-corrected chi connectivity index (χ2v) is 5.15. The van der Waals surface area contributed by atoms with E-state index < -0.39 is 6.10 Å². The van der Waals surface area contributed by atoms with Gasteiger partial charge in [0.2, 0.25) is 11.7 Å². The van der Waals surface area contributed by atoms with E-state index in [-0.39, 0.29) is 18.5 Å². The van der Waals surface area contributed by atoms with Gasteiger partial charge in [-0.3, -0.25) is 4.79 Å². The molecule has 1 fully saturated rings. The van der Waals surface area contributed by atoms with Gasteiger partial charge >= 0.3 is 0 Å². The van der Waals surface area contributed by atoms with Crippen molar-refractivity contribution in [1.29, 1.82) is 0 Å². The summed E-state index contributed by atoms with van der Waals surface area (Å²) in [5.74, 6) is 0.610. The molecule has 0 unspecified atom stereocenters. The van der Waals surface area contributed by atoms with Crippen molar-refractivity contribution in [2.45, 2.75) is 44.4 Å². The summed E-state index contributed by atoms with van der Waals surface area (Å²) in [6, 6.07) is 3.27. The zero-order valence-corrected chi connectivity index (χ0v) is 11.5. The highest BCUT2D eigenvalue weighted by Gasteiger charge is 2.24. The Balaban J connectivity index is 1.57. The zero-order valence-electron chi connectivity index (χ0n) is 11.5. The average Bonchev–Trinajstić information content (AvgIpc) is 3.12. The Hall–Kier alpha value is -2.22. The molecule has 1 amide bonds. The summed E-state index contributed by atoms with van der Waals surface area (Å²) < 4.78 is 5.16. The lowest BCUT2D eigenvalue weighted by Crippen LogP contribution is -2.46. The van der Waals surface area contributed by atoms with Crippen molar-refractivity contribution in [2.75, 3.05) is 0 Å². The van der Waals surface area contributed by atoms with E-state index in [1.807, 2.05) is 0 Å². The van der Waals surface area contributed by atoms with Gasteiger partial charge in [0.05, 0.1) is 18.4 Å². The molecule has 2 N–H and O–H groups in total. The fourth-order valence-corrected chi connectivity index (χ4v) is 2.48. The van der Waals surface area contributed by atoms with Crippen LogP contribution in [0.2, 0.25) is 0 Å². The molecule has 112 valence electrons. The fourth-order valence-electron chi connectivity index (χ4n) is 2.48. The normalized spacial score (nSPS) is 22.1. The summed E-state index contributed by atoms with van der Waals surface area (Å²) in [6.07, 6.45) is 4.61. The van der Waals surface area contributed by atoms with E-state index in [0.29, 0.717) is 11.6 Å². The van der Waals surface area contributed by atoms with Gasteiger partial charge in [0.25, 0.3) is 0 Å². The van der Waals surface area contributed by atoms with E-state index in [9.17, 15) is 9.90 Å². The van der Waals surface area contributed by atoms with Gasteiger partial charge in [0, 0.05) is 0 Å². The monoisotopic (exact) mass is 291 g/mol. The van der Waals surface area contributed by atoms with Crippen LogP contribution in [0.5, 0.6) is 0 Å². The van der Waals surface area contributed by atoms with Gasteiger partial charge in [-0.25, -0.2) is 0 Å². The van der Waals surface area contributed by atoms with Crippen LogP contribution in [0.15, 0.2) is 22.8 Å². The Morgan fingerprint density at radius 3 is 3.10 bits per heavy atom. The number of carbonyl (C=O) groups is 1. The molecule has 3 rings (SSSR count). The van der Waals surface area contributed by atoms with E-state index in [1.54, 1.807) is 12.1 Å². The first-order valence-electron chi connectivity index (χ1n) is 7.01. The van der Waals surface area contributed by atoms with E-state index in [4.69, 9.17) is 4.42 Å². The minimum atomic E-state index is -0.468. The largest absolute Gasteiger partial charge is 0.461 e. The second-order valence-electron chi connectivity index (χ2n) is 5.15. The summed E-state index contributed by atoms with van der Waals surface area (Å²) in [6.45, 7) is -0.0308. The van der Waals surface area contributed by atoms with Gasteiger partial charge in [-0.2, -0.15) is 4.80 Å². The van der Waals surface area contributed by atoms with Gasteiger partial charge in [0.15, 0.2) is 5.76 Å². The Morgan fingerprint density at radius 2 is 2.33 bits per heavy atom. The van der Waals surface area contributed by atoms with Crippen LogP contribution in [-0.2, 0) is 11.3 Å². The van der Waals surface area contributed by atoms with Crippen LogP contribution < -0.4 is 5.32 Å². The maximum atomic E-state index is 11.9. The van der Waals surface area contributed by atoms with Crippen LogP contribution >= 0.6 is 0 Å². The number of furan rings is 1. The minimum Gasteiger partial charge on any atom is -0.461 e. The number of nitrogens with zero attached hydrogens (tertiary/aromatic N) is 4. The van der Waals surface area contributed by atoms with E-state index in [1.165, 1.54) is 11.1 Å². The average molecular weight is 291 g/mol. The number of tetrazole rings is 1. The number of carbonyl (C=O) groups excluding carboxylic acids is 1. The first kappa shape index (κ1) is 13.7. The van der Waals surface area contributed by atoms with Crippen molar-refractivity contribution in [3.05, 3.63) is 18.4 Å². The number of aromatic nitrogens is 4. The smallest absolute Gasteiger partial charge is 0.243 e. The molecule has 0 bridgehead atoms. The van der Waals surface area contributed by atoms with Crippen LogP contribution in [0.4, 0.5) is 0 Å². The van der Waals surface area contributed by atoms with Gasteiger partial charge < -0.3 is 14.8 Å². The third-order valence-electron chi connectivity index (χ3n) is 3.56. The lowest BCUT2D eigenvalue weighted by molar-refractivity contribution is -0.124. The van der Waals surface area contributed by atoms with Gasteiger partial charge in [-0.1, -0.05) is 12.8 Å². The first-order chi connectivity index (χ1) is 10.2. The number of aliphatic hydroxyl groups excluding tert-OH is 1. The number of nitrogens with one attached hydrogen (secondary N) is 1. The summed E-state index contributed by atoms with van der Waals surface area (Å²) in [4.78, 5) is 13.2. The van der Waals surface area contributed by atoms with Gasteiger partial charge in [0.1, 0.15) is 6.54 Å². The molecule has 1 saturated carbocycles. The van der Waals surface area contributed by atoms with Crippen molar-refractivity contribution in [3.8, 4) is 11.6 Å². The Kier molecular flexibility index (Phi) is 3.96. The SMILES string of the molecule is O=C(Cn1nnc(-c2ccco2)n1)N[C@H]1CCCC[C@@H]1O. The molecule has 0 aliphatic heterocycles. The highest BCUT2D eigenvalue weighted by molar-refractivity contribution is 5.75. The number of rotatable bonds is 4. The summed E-state index contributed by atoms with van der Waals surface area (Å²) in [5.41, 5.74) is 0. The molecule has 2 heterocycles. The Labute approximate surface area is 121 Å². The van der Waals surface area contributed by atoms with E-state index >= 15 is 0 Å². The molecule has 0 saturated heterocycles.